The number of nitrogens with zero attached hydrogens (tertiary/aromatic N) is 3. The molecule has 7 heteroatoms. The van der Waals surface area contributed by atoms with Gasteiger partial charge < -0.3 is 9.84 Å². The Morgan fingerprint density at radius 2 is 2.32 bits per heavy atom. The molecule has 1 N–H and O–H groups in total. The third-order valence-electron chi connectivity index (χ3n) is 3.01. The van der Waals surface area contributed by atoms with E-state index < -0.39 is 11.8 Å². The number of hydrogen-bond acceptors (Lipinski definition) is 4. The van der Waals surface area contributed by atoms with Gasteiger partial charge in [0.1, 0.15) is 11.3 Å². The van der Waals surface area contributed by atoms with Crippen LogP contribution in [0.25, 0.3) is 11.0 Å². The quantitative estimate of drug-likeness (QED) is 0.885. The van der Waals surface area contributed by atoms with E-state index in [1.807, 2.05) is 0 Å². The second-order valence-electron chi connectivity index (χ2n) is 4.51. The van der Waals surface area contributed by atoms with Gasteiger partial charge in [0.25, 0.3) is 0 Å². The van der Waals surface area contributed by atoms with Gasteiger partial charge in [-0.15, -0.1) is 5.10 Å². The normalized spacial score (nSPS) is 15.0. The minimum absolute atomic E-state index is 0.342. The number of carboxylic acid groups (broad SMARTS) is 1. The van der Waals surface area contributed by atoms with Gasteiger partial charge in [0, 0.05) is 6.07 Å². The smallest absolute Gasteiger partial charge is 0.338 e. The summed E-state index contributed by atoms with van der Waals surface area (Å²) in [6.45, 7) is 0.959. The maximum absolute atomic E-state index is 13.5. The van der Waals surface area contributed by atoms with Gasteiger partial charge in [-0.1, -0.05) is 5.21 Å². The molecule has 0 saturated heterocycles. The minimum atomic E-state index is -1.30. The van der Waals surface area contributed by atoms with Crippen molar-refractivity contribution in [1.82, 2.24) is 15.0 Å². The second-order valence-corrected chi connectivity index (χ2v) is 4.51. The first-order chi connectivity index (χ1) is 9.15. The number of hydrogen-bond donors (Lipinski definition) is 1. The van der Waals surface area contributed by atoms with E-state index in [4.69, 9.17) is 9.84 Å². The topological polar surface area (TPSA) is 77.2 Å². The lowest BCUT2D eigenvalue weighted by atomic mass is 10.2. The minimum Gasteiger partial charge on any atom is -0.478 e. The average Bonchev–Trinajstić information content (AvgIpc) is 3.10. The predicted octanol–water partition coefficient (Wildman–Crippen LogP) is 1.45. The van der Waals surface area contributed by atoms with Crippen LogP contribution in [-0.2, 0) is 11.3 Å². The molecule has 0 radical (unpaired) electrons. The van der Waals surface area contributed by atoms with Crippen molar-refractivity contribution in [1.29, 1.82) is 0 Å². The highest BCUT2D eigenvalue weighted by molar-refractivity contribution is 5.92. The largest absolute Gasteiger partial charge is 0.478 e. The van der Waals surface area contributed by atoms with Crippen LogP contribution < -0.4 is 0 Å². The van der Waals surface area contributed by atoms with Crippen molar-refractivity contribution in [3.63, 3.8) is 0 Å². The highest BCUT2D eigenvalue weighted by Crippen LogP contribution is 2.23. The van der Waals surface area contributed by atoms with E-state index in [9.17, 15) is 9.18 Å². The number of rotatable bonds is 5. The van der Waals surface area contributed by atoms with Crippen molar-refractivity contribution in [3.05, 3.63) is 23.5 Å². The lowest BCUT2D eigenvalue weighted by molar-refractivity contribution is 0.0692. The first-order valence-corrected chi connectivity index (χ1v) is 6.03. The molecule has 1 fully saturated rings. The van der Waals surface area contributed by atoms with Crippen molar-refractivity contribution in [3.8, 4) is 0 Å². The number of aromatic nitrogens is 3. The molecule has 1 aliphatic carbocycles. The van der Waals surface area contributed by atoms with Gasteiger partial charge in [-0.05, 0) is 18.9 Å². The standard InChI is InChI=1S/C12H12FN3O3/c13-9-6-10-11(5-8(9)12(17)18)16(15-14-10)3-4-19-7-1-2-7/h5-7H,1-4H2,(H,17,18). The van der Waals surface area contributed by atoms with Gasteiger partial charge in [-0.3, -0.25) is 0 Å². The molecule has 6 nitrogen and oxygen atoms in total. The van der Waals surface area contributed by atoms with Crippen molar-refractivity contribution in [2.45, 2.75) is 25.5 Å². The number of halogens is 1. The second kappa shape index (κ2) is 4.58. The van der Waals surface area contributed by atoms with Crippen LogP contribution in [0.3, 0.4) is 0 Å². The van der Waals surface area contributed by atoms with Gasteiger partial charge in [-0.2, -0.15) is 0 Å². The van der Waals surface area contributed by atoms with E-state index in [0.29, 0.717) is 30.3 Å². The van der Waals surface area contributed by atoms with Gasteiger partial charge >= 0.3 is 5.97 Å². The zero-order valence-corrected chi connectivity index (χ0v) is 10.0. The molecular weight excluding hydrogens is 253 g/mol. The average molecular weight is 265 g/mol. The predicted molar refractivity (Wildman–Crippen MR) is 63.4 cm³/mol. The van der Waals surface area contributed by atoms with Crippen molar-refractivity contribution in [2.75, 3.05) is 6.61 Å². The van der Waals surface area contributed by atoms with Crippen LogP contribution in [0.4, 0.5) is 4.39 Å². The Kier molecular flexibility index (Phi) is 2.90. The molecular formula is C12H12FN3O3. The van der Waals surface area contributed by atoms with Crippen molar-refractivity contribution < 1.29 is 19.0 Å². The molecule has 1 aromatic heterocycles. The Morgan fingerprint density at radius 3 is 3.00 bits per heavy atom. The fourth-order valence-electron chi connectivity index (χ4n) is 1.86. The van der Waals surface area contributed by atoms with E-state index in [1.165, 1.54) is 10.7 Å². The summed E-state index contributed by atoms with van der Waals surface area (Å²) >= 11 is 0. The Hall–Kier alpha value is -2.02. The van der Waals surface area contributed by atoms with E-state index in [2.05, 4.69) is 10.3 Å². The molecule has 0 unspecified atom stereocenters. The molecule has 100 valence electrons. The Morgan fingerprint density at radius 1 is 1.53 bits per heavy atom. The first kappa shape index (κ1) is 12.0. The number of fused-ring (bicyclic) bond motifs is 1. The van der Waals surface area contributed by atoms with Gasteiger partial charge in [0.15, 0.2) is 0 Å². The molecule has 19 heavy (non-hydrogen) atoms. The lowest BCUT2D eigenvalue weighted by Gasteiger charge is -2.04. The van der Waals surface area contributed by atoms with Gasteiger partial charge in [-0.25, -0.2) is 13.9 Å². The molecule has 1 aliphatic rings. The van der Waals surface area contributed by atoms with Crippen LogP contribution in [0.5, 0.6) is 0 Å². The fraction of sp³-hybridized carbons (Fsp3) is 0.417. The summed E-state index contributed by atoms with van der Waals surface area (Å²) in [6, 6.07) is 2.34. The molecule has 1 heterocycles. The lowest BCUT2D eigenvalue weighted by Crippen LogP contribution is -2.09. The summed E-state index contributed by atoms with van der Waals surface area (Å²) in [5.41, 5.74) is 0.464. The van der Waals surface area contributed by atoms with Gasteiger partial charge in [0.2, 0.25) is 0 Å². The maximum atomic E-state index is 13.5. The van der Waals surface area contributed by atoms with E-state index in [0.717, 1.165) is 18.9 Å². The zero-order valence-electron chi connectivity index (χ0n) is 10.0. The SMILES string of the molecule is O=C(O)c1cc2c(cc1F)nnn2CCOC1CC1. The molecule has 0 bridgehead atoms. The number of ether oxygens (including phenoxy) is 1. The van der Waals surface area contributed by atoms with E-state index in [-0.39, 0.29) is 5.56 Å². The summed E-state index contributed by atoms with van der Waals surface area (Å²) in [5.74, 6) is -2.11. The van der Waals surface area contributed by atoms with Crippen molar-refractivity contribution >= 4 is 17.0 Å². The molecule has 3 rings (SSSR count). The van der Waals surface area contributed by atoms with E-state index >= 15 is 0 Å². The van der Waals surface area contributed by atoms with E-state index in [1.54, 1.807) is 0 Å². The van der Waals surface area contributed by atoms with Crippen LogP contribution in [0.15, 0.2) is 12.1 Å². The highest BCUT2D eigenvalue weighted by atomic mass is 19.1. The molecule has 0 atom stereocenters. The number of benzene rings is 1. The molecule has 1 saturated carbocycles. The molecule has 0 amide bonds. The van der Waals surface area contributed by atoms with Crippen LogP contribution in [0.2, 0.25) is 0 Å². The first-order valence-electron chi connectivity index (χ1n) is 6.03. The van der Waals surface area contributed by atoms with Crippen LogP contribution in [-0.4, -0.2) is 38.8 Å². The highest BCUT2D eigenvalue weighted by Gasteiger charge is 2.22. The molecule has 0 aliphatic heterocycles. The van der Waals surface area contributed by atoms with Crippen LogP contribution >= 0.6 is 0 Å². The zero-order chi connectivity index (χ0) is 13.4. The molecule has 1 aromatic carbocycles. The number of carboxylic acids is 1. The van der Waals surface area contributed by atoms with Crippen LogP contribution in [0, 0.1) is 5.82 Å². The summed E-state index contributed by atoms with van der Waals surface area (Å²) in [5, 5.41) is 16.6. The fourth-order valence-corrected chi connectivity index (χ4v) is 1.86. The molecule has 0 spiro atoms. The monoisotopic (exact) mass is 265 g/mol. The molecule has 2 aromatic rings. The summed E-state index contributed by atoms with van der Waals surface area (Å²) in [7, 11) is 0. The summed E-state index contributed by atoms with van der Waals surface area (Å²) in [4.78, 5) is 10.9. The number of aromatic carboxylic acids is 1. The third kappa shape index (κ3) is 2.41. The summed E-state index contributed by atoms with van der Waals surface area (Å²) < 4.78 is 20.5. The third-order valence-corrected chi connectivity index (χ3v) is 3.01. The van der Waals surface area contributed by atoms with Crippen molar-refractivity contribution in [2.24, 2.45) is 0 Å². The van der Waals surface area contributed by atoms with Crippen LogP contribution in [0.1, 0.15) is 23.2 Å². The maximum Gasteiger partial charge on any atom is 0.338 e. The Balaban J connectivity index is 1.87. The number of carbonyl (C=O) groups is 1. The Labute approximate surface area is 107 Å². The van der Waals surface area contributed by atoms with Gasteiger partial charge in [0.05, 0.1) is 30.3 Å². The Bertz CT molecular complexity index is 636. The summed E-state index contributed by atoms with van der Waals surface area (Å²) in [6.07, 6.45) is 2.53.